The van der Waals surface area contributed by atoms with Crippen LogP contribution in [0.2, 0.25) is 5.02 Å². The highest BCUT2D eigenvalue weighted by Gasteiger charge is 2.27. The minimum atomic E-state index is -0.639. The molecule has 0 aliphatic heterocycles. The van der Waals surface area contributed by atoms with E-state index in [1.165, 1.54) is 0 Å². The predicted octanol–water partition coefficient (Wildman–Crippen LogP) is 4.25. The molecule has 0 radical (unpaired) electrons. The fraction of sp³-hybridized carbons (Fsp3) is 0.316. The SMILES string of the molecule is COC(C)(CNC(=O)c1cc(C)cc(C)c1)c1cccc(Cl)c1. The van der Waals surface area contributed by atoms with Gasteiger partial charge in [0.2, 0.25) is 0 Å². The highest BCUT2D eigenvalue weighted by molar-refractivity contribution is 6.30. The Balaban J connectivity index is 2.15. The molecule has 0 aromatic heterocycles. The molecule has 0 bridgehead atoms. The quantitative estimate of drug-likeness (QED) is 0.889. The topological polar surface area (TPSA) is 38.3 Å². The standard InChI is InChI=1S/C19H22ClNO2/c1-13-8-14(2)10-15(9-13)18(22)21-12-19(3,23-4)16-6-5-7-17(20)11-16/h5-11H,12H2,1-4H3,(H,21,22). The molecule has 2 aromatic rings. The van der Waals surface area contributed by atoms with Crippen molar-refractivity contribution in [3.05, 3.63) is 69.7 Å². The Kier molecular flexibility index (Phi) is 5.45. The van der Waals surface area contributed by atoms with Crippen LogP contribution in [0.3, 0.4) is 0 Å². The summed E-state index contributed by atoms with van der Waals surface area (Å²) in [7, 11) is 1.63. The predicted molar refractivity (Wildman–Crippen MR) is 94.1 cm³/mol. The summed E-state index contributed by atoms with van der Waals surface area (Å²) in [5, 5.41) is 3.60. The number of carbonyl (C=O) groups excluding carboxylic acids is 1. The van der Waals surface area contributed by atoms with Crippen LogP contribution in [0.4, 0.5) is 0 Å². The molecule has 0 spiro atoms. The first kappa shape index (κ1) is 17.5. The number of ether oxygens (including phenoxy) is 1. The number of nitrogens with one attached hydrogen (secondary N) is 1. The minimum absolute atomic E-state index is 0.109. The van der Waals surface area contributed by atoms with Crippen LogP contribution in [-0.4, -0.2) is 19.6 Å². The molecule has 0 saturated heterocycles. The van der Waals surface area contributed by atoms with Gasteiger partial charge in [0.15, 0.2) is 0 Å². The highest BCUT2D eigenvalue weighted by Crippen LogP contribution is 2.26. The van der Waals surface area contributed by atoms with Crippen LogP contribution in [0.5, 0.6) is 0 Å². The molecule has 2 aromatic carbocycles. The summed E-state index contributed by atoms with van der Waals surface area (Å²) in [5.41, 5.74) is 3.08. The van der Waals surface area contributed by atoms with Gasteiger partial charge in [-0.3, -0.25) is 4.79 Å². The number of benzene rings is 2. The molecule has 1 amide bonds. The summed E-state index contributed by atoms with van der Waals surface area (Å²) in [6.45, 7) is 6.25. The van der Waals surface area contributed by atoms with E-state index in [9.17, 15) is 4.79 Å². The fourth-order valence-corrected chi connectivity index (χ4v) is 2.76. The molecule has 122 valence electrons. The number of hydrogen-bond acceptors (Lipinski definition) is 2. The molecule has 4 heteroatoms. The van der Waals surface area contributed by atoms with Gasteiger partial charge in [0, 0.05) is 17.7 Å². The third-order valence-corrected chi connectivity index (χ3v) is 4.19. The van der Waals surface area contributed by atoms with E-state index in [0.717, 1.165) is 16.7 Å². The summed E-state index contributed by atoms with van der Waals surface area (Å²) in [4.78, 5) is 12.4. The van der Waals surface area contributed by atoms with Gasteiger partial charge in [0.1, 0.15) is 5.60 Å². The highest BCUT2D eigenvalue weighted by atomic mass is 35.5. The Labute approximate surface area is 142 Å². The van der Waals surface area contributed by atoms with Gasteiger partial charge in [-0.15, -0.1) is 0 Å². The first-order chi connectivity index (χ1) is 10.8. The van der Waals surface area contributed by atoms with Gasteiger partial charge in [-0.1, -0.05) is 40.9 Å². The van der Waals surface area contributed by atoms with Crippen LogP contribution in [-0.2, 0) is 10.3 Å². The maximum Gasteiger partial charge on any atom is 0.251 e. The number of hydrogen-bond donors (Lipinski definition) is 1. The van der Waals surface area contributed by atoms with Crippen LogP contribution in [0.1, 0.15) is 34.0 Å². The van der Waals surface area contributed by atoms with Crippen molar-refractivity contribution in [2.45, 2.75) is 26.4 Å². The lowest BCUT2D eigenvalue weighted by molar-refractivity contribution is 0.00315. The second-order valence-corrected chi connectivity index (χ2v) is 6.44. The lowest BCUT2D eigenvalue weighted by Crippen LogP contribution is -2.40. The van der Waals surface area contributed by atoms with Gasteiger partial charge in [0.25, 0.3) is 5.91 Å². The lowest BCUT2D eigenvalue weighted by atomic mass is 9.95. The number of amides is 1. The fourth-order valence-electron chi connectivity index (χ4n) is 2.57. The number of aryl methyl sites for hydroxylation is 2. The monoisotopic (exact) mass is 331 g/mol. The van der Waals surface area contributed by atoms with Crippen molar-refractivity contribution in [3.63, 3.8) is 0 Å². The molecular weight excluding hydrogens is 310 g/mol. The van der Waals surface area contributed by atoms with E-state index < -0.39 is 5.60 Å². The summed E-state index contributed by atoms with van der Waals surface area (Å²) in [6, 6.07) is 13.3. The van der Waals surface area contributed by atoms with E-state index >= 15 is 0 Å². The molecule has 0 saturated carbocycles. The maximum absolute atomic E-state index is 12.4. The van der Waals surface area contributed by atoms with E-state index in [-0.39, 0.29) is 5.91 Å². The molecule has 3 nitrogen and oxygen atoms in total. The van der Waals surface area contributed by atoms with Gasteiger partial charge >= 0.3 is 0 Å². The Morgan fingerprint density at radius 2 is 1.83 bits per heavy atom. The molecule has 0 heterocycles. The molecule has 1 unspecified atom stereocenters. The van der Waals surface area contributed by atoms with Crippen molar-refractivity contribution in [2.75, 3.05) is 13.7 Å². The first-order valence-electron chi connectivity index (χ1n) is 7.52. The van der Waals surface area contributed by atoms with Gasteiger partial charge in [0.05, 0.1) is 6.54 Å². The van der Waals surface area contributed by atoms with Crippen molar-refractivity contribution in [1.82, 2.24) is 5.32 Å². The second kappa shape index (κ2) is 7.16. The van der Waals surface area contributed by atoms with Gasteiger partial charge in [-0.25, -0.2) is 0 Å². The Hall–Kier alpha value is -1.84. The summed E-state index contributed by atoms with van der Waals surface area (Å²) in [6.07, 6.45) is 0. The zero-order chi connectivity index (χ0) is 17.0. The van der Waals surface area contributed by atoms with Crippen LogP contribution >= 0.6 is 11.6 Å². The summed E-state index contributed by atoms with van der Waals surface area (Å²) in [5.74, 6) is -0.109. The number of rotatable bonds is 5. The average Bonchev–Trinajstić information content (AvgIpc) is 2.51. The molecular formula is C19H22ClNO2. The molecule has 1 atom stereocenters. The Morgan fingerprint density at radius 1 is 1.17 bits per heavy atom. The Bertz CT molecular complexity index is 694. The maximum atomic E-state index is 12.4. The zero-order valence-corrected chi connectivity index (χ0v) is 14.7. The molecule has 0 aliphatic rings. The normalized spacial score (nSPS) is 13.4. The second-order valence-electron chi connectivity index (χ2n) is 6.00. The molecule has 1 N–H and O–H groups in total. The third-order valence-electron chi connectivity index (χ3n) is 3.96. The van der Waals surface area contributed by atoms with Crippen LogP contribution < -0.4 is 5.32 Å². The first-order valence-corrected chi connectivity index (χ1v) is 7.89. The summed E-state index contributed by atoms with van der Waals surface area (Å²) >= 11 is 6.06. The Morgan fingerprint density at radius 3 is 2.39 bits per heavy atom. The minimum Gasteiger partial charge on any atom is -0.372 e. The van der Waals surface area contributed by atoms with E-state index in [4.69, 9.17) is 16.3 Å². The average molecular weight is 332 g/mol. The molecule has 23 heavy (non-hydrogen) atoms. The van der Waals surface area contributed by atoms with Crippen LogP contribution in [0.25, 0.3) is 0 Å². The van der Waals surface area contributed by atoms with E-state index in [1.807, 2.05) is 63.2 Å². The number of carbonyl (C=O) groups is 1. The molecule has 0 fully saturated rings. The molecule has 2 rings (SSSR count). The number of methoxy groups -OCH3 is 1. The van der Waals surface area contributed by atoms with Crippen molar-refractivity contribution < 1.29 is 9.53 Å². The van der Waals surface area contributed by atoms with Crippen LogP contribution in [0.15, 0.2) is 42.5 Å². The van der Waals surface area contributed by atoms with Crippen molar-refractivity contribution >= 4 is 17.5 Å². The van der Waals surface area contributed by atoms with Gasteiger partial charge in [-0.2, -0.15) is 0 Å². The largest absolute Gasteiger partial charge is 0.372 e. The van der Waals surface area contributed by atoms with E-state index in [0.29, 0.717) is 17.1 Å². The van der Waals surface area contributed by atoms with Gasteiger partial charge < -0.3 is 10.1 Å². The third kappa shape index (κ3) is 4.34. The van der Waals surface area contributed by atoms with E-state index in [2.05, 4.69) is 5.32 Å². The molecule has 0 aliphatic carbocycles. The van der Waals surface area contributed by atoms with Crippen LogP contribution in [0, 0.1) is 13.8 Å². The smallest absolute Gasteiger partial charge is 0.251 e. The lowest BCUT2D eigenvalue weighted by Gasteiger charge is -2.29. The zero-order valence-electron chi connectivity index (χ0n) is 13.9. The van der Waals surface area contributed by atoms with Crippen molar-refractivity contribution in [3.8, 4) is 0 Å². The van der Waals surface area contributed by atoms with Crippen molar-refractivity contribution in [1.29, 1.82) is 0 Å². The van der Waals surface area contributed by atoms with Gasteiger partial charge in [-0.05, 0) is 50.6 Å². The number of halogens is 1. The van der Waals surface area contributed by atoms with Crippen molar-refractivity contribution in [2.24, 2.45) is 0 Å². The summed E-state index contributed by atoms with van der Waals surface area (Å²) < 4.78 is 5.64. The van der Waals surface area contributed by atoms with E-state index in [1.54, 1.807) is 7.11 Å².